The molecule has 1 saturated heterocycles. The van der Waals surface area contributed by atoms with Crippen LogP contribution in [0.5, 0.6) is 0 Å². The third kappa shape index (κ3) is 3.51. The highest BCUT2D eigenvalue weighted by atomic mass is 16.5. The lowest BCUT2D eigenvalue weighted by Gasteiger charge is -2.21. The largest absolute Gasteiger partial charge is 0.384 e. The van der Waals surface area contributed by atoms with Gasteiger partial charge in [-0.2, -0.15) is 4.98 Å². The number of methoxy groups -OCH3 is 1. The molecule has 1 amide bonds. The zero-order valence-electron chi connectivity index (χ0n) is 11.3. The molecule has 1 aliphatic heterocycles. The molecule has 1 atom stereocenters. The molecule has 0 unspecified atom stereocenters. The maximum atomic E-state index is 12.0. The SMILES string of the molecule is COCCc1noc(CNC(=O)[C@]2(C)CCCO2)n1. The van der Waals surface area contributed by atoms with E-state index < -0.39 is 5.60 Å². The highest BCUT2D eigenvalue weighted by Crippen LogP contribution is 2.24. The normalized spacial score (nSPS) is 22.6. The van der Waals surface area contributed by atoms with Gasteiger partial charge in [-0.25, -0.2) is 0 Å². The number of nitrogens with one attached hydrogen (secondary N) is 1. The molecule has 19 heavy (non-hydrogen) atoms. The van der Waals surface area contributed by atoms with Crippen molar-refractivity contribution in [3.63, 3.8) is 0 Å². The van der Waals surface area contributed by atoms with Crippen LogP contribution >= 0.6 is 0 Å². The molecule has 1 fully saturated rings. The highest BCUT2D eigenvalue weighted by molar-refractivity contribution is 5.84. The van der Waals surface area contributed by atoms with Crippen LogP contribution < -0.4 is 5.32 Å². The Kier molecular flexibility index (Phi) is 4.49. The number of carbonyl (C=O) groups is 1. The van der Waals surface area contributed by atoms with Crippen LogP contribution in [0.4, 0.5) is 0 Å². The van der Waals surface area contributed by atoms with Crippen LogP contribution in [0.25, 0.3) is 0 Å². The molecule has 1 aliphatic rings. The van der Waals surface area contributed by atoms with Crippen molar-refractivity contribution in [3.8, 4) is 0 Å². The Morgan fingerprint density at radius 1 is 1.58 bits per heavy atom. The number of carbonyl (C=O) groups excluding carboxylic acids is 1. The Balaban J connectivity index is 1.81. The minimum absolute atomic E-state index is 0.137. The van der Waals surface area contributed by atoms with E-state index in [-0.39, 0.29) is 12.5 Å². The van der Waals surface area contributed by atoms with Gasteiger partial charge in [0.1, 0.15) is 5.60 Å². The van der Waals surface area contributed by atoms with Gasteiger partial charge in [-0.3, -0.25) is 4.79 Å². The Bertz CT molecular complexity index is 426. The van der Waals surface area contributed by atoms with Crippen molar-refractivity contribution < 1.29 is 18.8 Å². The van der Waals surface area contributed by atoms with Crippen LogP contribution in [0.2, 0.25) is 0 Å². The minimum Gasteiger partial charge on any atom is -0.384 e. The Morgan fingerprint density at radius 3 is 3.11 bits per heavy atom. The third-order valence-electron chi connectivity index (χ3n) is 3.14. The van der Waals surface area contributed by atoms with E-state index in [0.29, 0.717) is 31.3 Å². The lowest BCUT2D eigenvalue weighted by molar-refractivity contribution is -0.139. The van der Waals surface area contributed by atoms with Crippen molar-refractivity contribution in [1.82, 2.24) is 15.5 Å². The van der Waals surface area contributed by atoms with Gasteiger partial charge in [0.25, 0.3) is 5.91 Å². The summed E-state index contributed by atoms with van der Waals surface area (Å²) in [6, 6.07) is 0. The summed E-state index contributed by atoms with van der Waals surface area (Å²) in [5, 5.41) is 6.56. The first kappa shape index (κ1) is 14.0. The van der Waals surface area contributed by atoms with Crippen LogP contribution in [0, 0.1) is 0 Å². The number of hydrogen-bond acceptors (Lipinski definition) is 6. The van der Waals surface area contributed by atoms with Crippen LogP contribution in [0.1, 0.15) is 31.5 Å². The molecule has 1 aromatic rings. The maximum absolute atomic E-state index is 12.0. The average molecular weight is 269 g/mol. The second-order valence-corrected chi connectivity index (χ2v) is 4.71. The summed E-state index contributed by atoms with van der Waals surface area (Å²) in [6.07, 6.45) is 2.24. The fourth-order valence-corrected chi connectivity index (χ4v) is 1.96. The standard InChI is InChI=1S/C12H19N3O4/c1-12(5-3-6-18-12)11(16)13-8-10-14-9(15-19-10)4-7-17-2/h3-8H2,1-2H3,(H,13,16)/t12-/m0/s1. The van der Waals surface area contributed by atoms with Crippen molar-refractivity contribution in [2.75, 3.05) is 20.3 Å². The Labute approximate surface area is 111 Å². The van der Waals surface area contributed by atoms with Gasteiger partial charge in [-0.1, -0.05) is 5.16 Å². The van der Waals surface area contributed by atoms with Crippen molar-refractivity contribution >= 4 is 5.91 Å². The number of rotatable bonds is 6. The molecule has 2 heterocycles. The summed E-state index contributed by atoms with van der Waals surface area (Å²) in [6.45, 7) is 3.19. The minimum atomic E-state index is -0.723. The molecule has 2 rings (SSSR count). The molecule has 0 aliphatic carbocycles. The average Bonchev–Trinajstić information content (AvgIpc) is 3.03. The number of nitrogens with zero attached hydrogens (tertiary/aromatic N) is 2. The summed E-state index contributed by atoms with van der Waals surface area (Å²) in [5.74, 6) is 0.831. The van der Waals surface area contributed by atoms with E-state index in [1.807, 2.05) is 0 Å². The van der Waals surface area contributed by atoms with E-state index in [9.17, 15) is 4.79 Å². The predicted octanol–water partition coefficient (Wildman–Crippen LogP) is 0.444. The van der Waals surface area contributed by atoms with Crippen LogP contribution in [-0.2, 0) is 27.2 Å². The van der Waals surface area contributed by atoms with E-state index in [4.69, 9.17) is 14.0 Å². The maximum Gasteiger partial charge on any atom is 0.252 e. The fraction of sp³-hybridized carbons (Fsp3) is 0.750. The fourth-order valence-electron chi connectivity index (χ4n) is 1.96. The number of amides is 1. The van der Waals surface area contributed by atoms with Gasteiger partial charge in [0.15, 0.2) is 5.82 Å². The number of hydrogen-bond donors (Lipinski definition) is 1. The number of ether oxygens (including phenoxy) is 2. The smallest absolute Gasteiger partial charge is 0.252 e. The third-order valence-corrected chi connectivity index (χ3v) is 3.14. The van der Waals surface area contributed by atoms with Gasteiger partial charge in [0.2, 0.25) is 5.89 Å². The van der Waals surface area contributed by atoms with Gasteiger partial charge in [0, 0.05) is 20.1 Å². The molecule has 7 heteroatoms. The summed E-state index contributed by atoms with van der Waals surface area (Å²) in [5.41, 5.74) is -0.723. The Morgan fingerprint density at radius 2 is 2.42 bits per heavy atom. The topological polar surface area (TPSA) is 86.5 Å². The molecule has 0 saturated carbocycles. The first-order chi connectivity index (χ1) is 9.14. The molecule has 7 nitrogen and oxygen atoms in total. The highest BCUT2D eigenvalue weighted by Gasteiger charge is 2.37. The van der Waals surface area contributed by atoms with Gasteiger partial charge in [-0.15, -0.1) is 0 Å². The van der Waals surface area contributed by atoms with E-state index in [1.54, 1.807) is 14.0 Å². The van der Waals surface area contributed by atoms with Crippen molar-refractivity contribution in [2.24, 2.45) is 0 Å². The second kappa shape index (κ2) is 6.12. The van der Waals surface area contributed by atoms with Crippen molar-refractivity contribution in [3.05, 3.63) is 11.7 Å². The van der Waals surface area contributed by atoms with Crippen LogP contribution in [0.3, 0.4) is 0 Å². The van der Waals surface area contributed by atoms with Gasteiger partial charge in [-0.05, 0) is 19.8 Å². The summed E-state index contributed by atoms with van der Waals surface area (Å²) in [7, 11) is 1.61. The molecule has 1 N–H and O–H groups in total. The molecule has 0 spiro atoms. The quantitative estimate of drug-likeness (QED) is 0.806. The van der Waals surface area contributed by atoms with E-state index in [0.717, 1.165) is 12.8 Å². The summed E-state index contributed by atoms with van der Waals surface area (Å²) in [4.78, 5) is 16.1. The molecular formula is C12H19N3O4. The van der Waals surface area contributed by atoms with E-state index >= 15 is 0 Å². The molecule has 0 radical (unpaired) electrons. The van der Waals surface area contributed by atoms with Crippen LogP contribution in [-0.4, -0.2) is 42.0 Å². The number of aromatic nitrogens is 2. The lowest BCUT2D eigenvalue weighted by Crippen LogP contribution is -2.43. The lowest BCUT2D eigenvalue weighted by atomic mass is 10.0. The summed E-state index contributed by atoms with van der Waals surface area (Å²) < 4.78 is 15.4. The molecule has 1 aromatic heterocycles. The van der Waals surface area contributed by atoms with Gasteiger partial charge < -0.3 is 19.3 Å². The molecular weight excluding hydrogens is 250 g/mol. The van der Waals surface area contributed by atoms with E-state index in [1.165, 1.54) is 0 Å². The molecule has 106 valence electrons. The second-order valence-electron chi connectivity index (χ2n) is 4.71. The van der Waals surface area contributed by atoms with Crippen LogP contribution in [0.15, 0.2) is 4.52 Å². The molecule has 0 bridgehead atoms. The monoisotopic (exact) mass is 269 g/mol. The first-order valence-electron chi connectivity index (χ1n) is 6.37. The predicted molar refractivity (Wildman–Crippen MR) is 65.3 cm³/mol. The van der Waals surface area contributed by atoms with Crippen molar-refractivity contribution in [1.29, 1.82) is 0 Å². The first-order valence-corrected chi connectivity index (χ1v) is 6.37. The van der Waals surface area contributed by atoms with E-state index in [2.05, 4.69) is 15.5 Å². The van der Waals surface area contributed by atoms with Gasteiger partial charge in [0.05, 0.1) is 13.2 Å². The Hall–Kier alpha value is -1.47. The zero-order valence-corrected chi connectivity index (χ0v) is 11.3. The van der Waals surface area contributed by atoms with Gasteiger partial charge >= 0.3 is 0 Å². The van der Waals surface area contributed by atoms with Crippen molar-refractivity contribution in [2.45, 2.75) is 38.3 Å². The summed E-state index contributed by atoms with van der Waals surface area (Å²) >= 11 is 0. The molecule has 0 aromatic carbocycles. The zero-order chi connectivity index (χ0) is 13.7.